The molecule has 2 saturated carbocycles. The number of halogens is 2. The largest absolute Gasteiger partial charge is 0.399 e. The summed E-state index contributed by atoms with van der Waals surface area (Å²) in [6, 6.07) is 16.0. The maximum atomic E-state index is 11.7. The molecule has 8 rings (SSSR count). The molecule has 0 unspecified atom stereocenters. The van der Waals surface area contributed by atoms with Crippen LogP contribution in [0, 0.1) is 0 Å². The van der Waals surface area contributed by atoms with Crippen molar-refractivity contribution >= 4 is 80.6 Å². The number of fused-ring (bicyclic) bond motifs is 2. The molecule has 0 aliphatic heterocycles. The summed E-state index contributed by atoms with van der Waals surface area (Å²) < 4.78 is 56.0. The predicted molar refractivity (Wildman–Crippen MR) is 242 cm³/mol. The van der Waals surface area contributed by atoms with Crippen LogP contribution < -0.4 is 22.3 Å². The number of aromatic nitrogens is 8. The Labute approximate surface area is 362 Å². The number of hydrogen-bond acceptors (Lipinski definition) is 13. The fourth-order valence-corrected chi connectivity index (χ4v) is 9.00. The normalized spacial score (nSPS) is 14.5. The Morgan fingerprint density at radius 1 is 0.867 bits per heavy atom. The summed E-state index contributed by atoms with van der Waals surface area (Å²) in [6.45, 7) is 5.61. The van der Waals surface area contributed by atoms with Gasteiger partial charge in [-0.3, -0.25) is 4.72 Å². The topological polar surface area (TPSA) is 255 Å². The maximum absolute atomic E-state index is 11.7. The van der Waals surface area contributed by atoms with Crippen molar-refractivity contribution in [1.29, 1.82) is 0 Å². The molecule has 0 atom stereocenters. The van der Waals surface area contributed by atoms with Gasteiger partial charge in [-0.2, -0.15) is 10.2 Å². The number of anilines is 3. The molecule has 4 heterocycles. The van der Waals surface area contributed by atoms with Gasteiger partial charge in [-0.1, -0.05) is 70.4 Å². The van der Waals surface area contributed by atoms with Crippen LogP contribution in [0.15, 0.2) is 79.4 Å². The van der Waals surface area contributed by atoms with Crippen LogP contribution in [-0.2, 0) is 31.9 Å². The van der Waals surface area contributed by atoms with Gasteiger partial charge in [0, 0.05) is 53.8 Å². The molecule has 0 bridgehead atoms. The monoisotopic (exact) mass is 901 g/mol. The van der Waals surface area contributed by atoms with E-state index in [4.69, 9.17) is 45.3 Å². The SMILES string of the molecule is C=CS(=O)(=O)Nc1cccc(Cc2nn(C3CCCC3)c3ncncc23)c1.N.Nc1cccc(Cc2nn(C3CCCC3)c3ncnc(N)c23)c1.O=S(=O)(Cl)CCCl.[2H]CC. The molecule has 16 nitrogen and oxygen atoms in total. The standard InChI is InChI=1S/C19H21N5O2S.C17H20N6.C2H4Cl2O2S.C2H6.H3N/c1-2-27(25,26)23-15-7-5-6-14(10-15)11-18-17-12-20-13-21-19(17)24(22-18)16-8-3-4-9-16;18-12-5-3-4-11(8-12)9-14-15-16(19)20-10-21-17(15)23(22-14)13-6-1-2-7-13;3-1-2-7(4,5)6;1-2;/h2,5-7,10,12-13,16,23H,1,3-4,8-9,11H2;3-5,8,10,13H,1-2,6-7,9,18H2,(H2,19,20,21);1-2H2;1-2H3;1H3/i;;;1D;. The first-order valence-corrected chi connectivity index (χ1v) is 23.8. The Morgan fingerprint density at radius 3 is 2.02 bits per heavy atom. The fourth-order valence-electron chi connectivity index (χ4n) is 7.20. The smallest absolute Gasteiger partial charge is 0.254 e. The van der Waals surface area contributed by atoms with Crippen LogP contribution in [0.1, 0.15) is 101 Å². The second-order valence-electron chi connectivity index (χ2n) is 13.9. The Kier molecular flexibility index (Phi) is 17.0. The average molecular weight is 903 g/mol. The van der Waals surface area contributed by atoms with Crippen molar-refractivity contribution in [3.8, 4) is 0 Å². The van der Waals surface area contributed by atoms with E-state index in [2.05, 4.69) is 42.0 Å². The first kappa shape index (κ1) is 46.2. The van der Waals surface area contributed by atoms with Gasteiger partial charge in [0.15, 0.2) is 11.3 Å². The molecule has 2 fully saturated rings. The summed E-state index contributed by atoms with van der Waals surface area (Å²) >= 11 is 5.02. The summed E-state index contributed by atoms with van der Waals surface area (Å²) in [7, 11) is -2.14. The quantitative estimate of drug-likeness (QED) is 0.0545. The van der Waals surface area contributed by atoms with Crippen molar-refractivity contribution in [1.82, 2.24) is 45.6 Å². The fraction of sp³-hybridized carbons (Fsp3) is 0.400. The van der Waals surface area contributed by atoms with E-state index in [0.29, 0.717) is 43.3 Å². The lowest BCUT2D eigenvalue weighted by molar-refractivity contribution is 0.475. The van der Waals surface area contributed by atoms with Crippen molar-refractivity contribution in [2.75, 3.05) is 27.8 Å². The van der Waals surface area contributed by atoms with E-state index in [9.17, 15) is 16.8 Å². The van der Waals surface area contributed by atoms with E-state index < -0.39 is 19.1 Å². The second kappa shape index (κ2) is 22.1. The van der Waals surface area contributed by atoms with Crippen molar-refractivity contribution in [3.05, 3.63) is 102 Å². The third kappa shape index (κ3) is 12.8. The molecule has 4 aromatic heterocycles. The zero-order valence-corrected chi connectivity index (χ0v) is 36.8. The van der Waals surface area contributed by atoms with Crippen LogP contribution in [0.3, 0.4) is 0 Å². The molecular weight excluding hydrogens is 848 g/mol. The summed E-state index contributed by atoms with van der Waals surface area (Å²) in [5.41, 5.74) is 18.9. The lowest BCUT2D eigenvalue weighted by Gasteiger charge is -2.10. The number of hydrogen-bond donors (Lipinski definition) is 4. The van der Waals surface area contributed by atoms with Gasteiger partial charge in [-0.25, -0.2) is 46.1 Å². The molecular formula is C40H54Cl2N12O4S2. The van der Waals surface area contributed by atoms with E-state index >= 15 is 0 Å². The van der Waals surface area contributed by atoms with Gasteiger partial charge < -0.3 is 17.6 Å². The van der Waals surface area contributed by atoms with Gasteiger partial charge in [0.1, 0.15) is 18.5 Å². The average Bonchev–Trinajstić information content (AvgIpc) is 4.04. The van der Waals surface area contributed by atoms with E-state index in [0.717, 1.165) is 81.4 Å². The molecule has 0 radical (unpaired) electrons. The van der Waals surface area contributed by atoms with Crippen LogP contribution in [0.25, 0.3) is 22.1 Å². The highest BCUT2D eigenvalue weighted by atomic mass is 35.7. The Morgan fingerprint density at radius 2 is 1.43 bits per heavy atom. The summed E-state index contributed by atoms with van der Waals surface area (Å²) in [5.74, 6) is 0.403. The van der Waals surface area contributed by atoms with Gasteiger partial charge >= 0.3 is 0 Å². The first-order chi connectivity index (χ1) is 28.7. The zero-order chi connectivity index (χ0) is 43.3. The minimum absolute atomic E-state index is 0. The van der Waals surface area contributed by atoms with Gasteiger partial charge in [0.05, 0.1) is 40.0 Å². The Hall–Kier alpha value is -4.88. The first-order valence-electron chi connectivity index (χ1n) is 20.0. The highest BCUT2D eigenvalue weighted by Crippen LogP contribution is 2.34. The molecule has 0 amide bonds. The number of nitrogens with zero attached hydrogens (tertiary/aromatic N) is 8. The predicted octanol–water partition coefficient (Wildman–Crippen LogP) is 8.10. The van der Waals surface area contributed by atoms with Crippen LogP contribution in [-0.4, -0.2) is 68.0 Å². The highest BCUT2D eigenvalue weighted by Gasteiger charge is 2.25. The minimum Gasteiger partial charge on any atom is -0.399 e. The van der Waals surface area contributed by atoms with Crippen LogP contribution in [0.2, 0.25) is 0 Å². The summed E-state index contributed by atoms with van der Waals surface area (Å²) in [4.78, 5) is 17.2. The number of nitrogens with two attached hydrogens (primary N) is 2. The molecule has 20 heteroatoms. The molecule has 8 N–H and O–H groups in total. The van der Waals surface area contributed by atoms with Crippen molar-refractivity contribution < 1.29 is 18.2 Å². The van der Waals surface area contributed by atoms with Gasteiger partial charge in [0.2, 0.25) is 9.05 Å². The molecule has 0 spiro atoms. The molecule has 2 aromatic carbocycles. The number of nitrogen functional groups attached to an aromatic ring is 2. The third-order valence-corrected chi connectivity index (χ3v) is 12.3. The maximum Gasteiger partial charge on any atom is 0.254 e. The molecule has 2 aliphatic rings. The Balaban J connectivity index is 0.000000219. The second-order valence-corrected chi connectivity index (χ2v) is 18.8. The van der Waals surface area contributed by atoms with Gasteiger partial charge in [-0.05, 0) is 61.1 Å². The summed E-state index contributed by atoms with van der Waals surface area (Å²) in [5, 5.41) is 12.4. The molecule has 0 saturated heterocycles. The highest BCUT2D eigenvalue weighted by molar-refractivity contribution is 8.13. The van der Waals surface area contributed by atoms with Crippen LogP contribution in [0.5, 0.6) is 0 Å². The Bertz CT molecular complexity index is 2580. The van der Waals surface area contributed by atoms with Crippen molar-refractivity contribution in [2.24, 2.45) is 0 Å². The third-order valence-electron chi connectivity index (χ3n) is 9.80. The van der Waals surface area contributed by atoms with Gasteiger partial charge in [0.25, 0.3) is 10.0 Å². The molecule has 60 heavy (non-hydrogen) atoms. The number of alkyl halides is 1. The van der Waals surface area contributed by atoms with E-state index in [-0.39, 0.29) is 17.8 Å². The molecule has 6 aromatic rings. The lowest BCUT2D eigenvalue weighted by Crippen LogP contribution is -2.09. The molecule has 2 aliphatic carbocycles. The number of benzene rings is 2. The van der Waals surface area contributed by atoms with E-state index in [1.165, 1.54) is 32.0 Å². The van der Waals surface area contributed by atoms with Crippen molar-refractivity contribution in [2.45, 2.75) is 90.1 Å². The van der Waals surface area contributed by atoms with Crippen LogP contribution >= 0.6 is 22.3 Å². The minimum atomic E-state index is -3.53. The van der Waals surface area contributed by atoms with E-state index in [1.54, 1.807) is 25.5 Å². The summed E-state index contributed by atoms with van der Waals surface area (Å²) in [6.07, 6.45) is 15.6. The zero-order valence-electron chi connectivity index (χ0n) is 34.6. The van der Waals surface area contributed by atoms with E-state index in [1.807, 2.05) is 41.1 Å². The number of rotatable bonds is 11. The number of nitrogens with one attached hydrogen (secondary N) is 1. The molecule has 324 valence electrons. The van der Waals surface area contributed by atoms with Crippen molar-refractivity contribution in [3.63, 3.8) is 0 Å². The van der Waals surface area contributed by atoms with Gasteiger partial charge in [-0.15, -0.1) is 11.6 Å². The number of sulfonamides is 1. The lowest BCUT2D eigenvalue weighted by atomic mass is 10.1. The van der Waals surface area contributed by atoms with Crippen LogP contribution in [0.4, 0.5) is 17.2 Å².